The van der Waals surface area contributed by atoms with E-state index >= 15 is 0 Å². The highest BCUT2D eigenvalue weighted by atomic mass is 79.9. The van der Waals surface area contributed by atoms with E-state index in [9.17, 15) is 19.5 Å². The lowest BCUT2D eigenvalue weighted by atomic mass is 9.70. The number of aliphatic hydroxyl groups is 1. The van der Waals surface area contributed by atoms with Crippen molar-refractivity contribution in [1.82, 2.24) is 4.90 Å². The van der Waals surface area contributed by atoms with Crippen LogP contribution >= 0.6 is 15.9 Å². The van der Waals surface area contributed by atoms with E-state index in [4.69, 9.17) is 9.47 Å². The molecule has 3 saturated heterocycles. The SMILES string of the molecule is C=CCN(C(=O)[C@@H]1N(CCO)C(=O)[C@H]2[C@H](C(=O)OCC)[C@H]3O[C@@]12CC3Br)c1ccc2ccccc2c1. The fourth-order valence-electron chi connectivity index (χ4n) is 6.21. The minimum absolute atomic E-state index is 0.0380. The van der Waals surface area contributed by atoms with Crippen molar-refractivity contribution in [2.75, 3.05) is 31.2 Å². The number of ether oxygens (including phenoxy) is 2. The molecule has 2 aromatic carbocycles. The van der Waals surface area contributed by atoms with Gasteiger partial charge < -0.3 is 24.4 Å². The maximum Gasteiger partial charge on any atom is 0.312 e. The van der Waals surface area contributed by atoms with Gasteiger partial charge in [0.15, 0.2) is 0 Å². The molecule has 5 rings (SSSR count). The van der Waals surface area contributed by atoms with Gasteiger partial charge in [-0.1, -0.05) is 52.3 Å². The van der Waals surface area contributed by atoms with E-state index in [-0.39, 0.29) is 42.9 Å². The molecular weight excluding hydrogens is 528 g/mol. The molecule has 3 aliphatic heterocycles. The Morgan fingerprint density at radius 1 is 1.31 bits per heavy atom. The number of carbonyl (C=O) groups excluding carboxylic acids is 3. The first-order chi connectivity index (χ1) is 17.4. The number of rotatable bonds is 8. The lowest BCUT2D eigenvalue weighted by molar-refractivity contribution is -0.154. The molecule has 2 amide bonds. The van der Waals surface area contributed by atoms with Gasteiger partial charge in [0.05, 0.1) is 31.2 Å². The monoisotopic (exact) mass is 556 g/mol. The highest BCUT2D eigenvalue weighted by Crippen LogP contribution is 2.60. The van der Waals surface area contributed by atoms with E-state index in [1.54, 1.807) is 17.9 Å². The lowest BCUT2D eigenvalue weighted by Crippen LogP contribution is -2.57. The van der Waals surface area contributed by atoms with Gasteiger partial charge in [0.2, 0.25) is 5.91 Å². The standard InChI is InChI=1S/C27H29BrN2O6/c1-3-11-29(18-10-9-16-7-5-6-8-17(16)14-18)25(33)23-27-15-19(28)22(36-27)20(26(34)35-4-2)21(27)24(32)30(23)12-13-31/h3,5-10,14,19-23,31H,1,4,11-13,15H2,2H3/t19?,20-,21+,22-,23-,27+/m0/s1. The summed E-state index contributed by atoms with van der Waals surface area (Å²) in [7, 11) is 0. The van der Waals surface area contributed by atoms with Gasteiger partial charge >= 0.3 is 5.97 Å². The van der Waals surface area contributed by atoms with Crippen LogP contribution in [0.1, 0.15) is 13.3 Å². The summed E-state index contributed by atoms with van der Waals surface area (Å²) >= 11 is 3.63. The molecular formula is C27H29BrN2O6. The van der Waals surface area contributed by atoms with Gasteiger partial charge in [0, 0.05) is 23.6 Å². The maximum atomic E-state index is 14.3. The second-order valence-corrected chi connectivity index (χ2v) is 10.6. The number of aliphatic hydroxyl groups excluding tert-OH is 1. The molecule has 190 valence electrons. The number of esters is 1. The fourth-order valence-corrected chi connectivity index (χ4v) is 7.15. The summed E-state index contributed by atoms with van der Waals surface area (Å²) in [6, 6.07) is 12.6. The number of alkyl halides is 1. The molecule has 3 heterocycles. The number of hydrogen-bond acceptors (Lipinski definition) is 6. The van der Waals surface area contributed by atoms with E-state index in [0.29, 0.717) is 12.1 Å². The van der Waals surface area contributed by atoms with Gasteiger partial charge in [-0.3, -0.25) is 14.4 Å². The summed E-state index contributed by atoms with van der Waals surface area (Å²) in [6.07, 6.45) is 1.46. The predicted molar refractivity (Wildman–Crippen MR) is 138 cm³/mol. The molecule has 9 heteroatoms. The lowest BCUT2D eigenvalue weighted by Gasteiger charge is -2.37. The van der Waals surface area contributed by atoms with Crippen molar-refractivity contribution in [3.8, 4) is 0 Å². The Bertz CT molecular complexity index is 1220. The molecule has 0 aliphatic carbocycles. The van der Waals surface area contributed by atoms with Crippen molar-refractivity contribution < 1.29 is 29.0 Å². The Morgan fingerprint density at radius 3 is 2.75 bits per heavy atom. The van der Waals surface area contributed by atoms with Crippen molar-refractivity contribution in [1.29, 1.82) is 0 Å². The number of hydrogen-bond donors (Lipinski definition) is 1. The Hall–Kier alpha value is -2.75. The average molecular weight is 557 g/mol. The Balaban J connectivity index is 1.58. The minimum Gasteiger partial charge on any atom is -0.466 e. The molecule has 1 N–H and O–H groups in total. The van der Waals surface area contributed by atoms with Gasteiger partial charge in [0.25, 0.3) is 5.91 Å². The topological polar surface area (TPSA) is 96.4 Å². The first kappa shape index (κ1) is 24.9. The second-order valence-electron chi connectivity index (χ2n) is 9.44. The first-order valence-electron chi connectivity index (χ1n) is 12.2. The summed E-state index contributed by atoms with van der Waals surface area (Å²) in [6.45, 7) is 5.59. The van der Waals surface area contributed by atoms with Crippen LogP contribution in [0, 0.1) is 11.8 Å². The number of β-amino-alcohol motifs (C(OH)–C–C–N with tert-alkyl or cyclic N) is 1. The van der Waals surface area contributed by atoms with E-state index < -0.39 is 35.6 Å². The highest BCUT2D eigenvalue weighted by molar-refractivity contribution is 9.09. The van der Waals surface area contributed by atoms with E-state index in [0.717, 1.165) is 10.8 Å². The number of anilines is 1. The van der Waals surface area contributed by atoms with Crippen LogP contribution in [0.5, 0.6) is 0 Å². The molecule has 0 saturated carbocycles. The number of amides is 2. The van der Waals surface area contributed by atoms with Crippen molar-refractivity contribution >= 4 is 50.2 Å². The summed E-state index contributed by atoms with van der Waals surface area (Å²) in [5.41, 5.74) is -0.532. The molecule has 3 aliphatic rings. The fraction of sp³-hybridized carbons (Fsp3) is 0.444. The minimum atomic E-state index is -1.20. The number of halogens is 1. The third kappa shape index (κ3) is 3.67. The van der Waals surface area contributed by atoms with E-state index in [2.05, 4.69) is 22.5 Å². The van der Waals surface area contributed by atoms with Gasteiger partial charge in [-0.2, -0.15) is 0 Å². The molecule has 0 radical (unpaired) electrons. The van der Waals surface area contributed by atoms with Crippen LogP contribution in [0.3, 0.4) is 0 Å². The van der Waals surface area contributed by atoms with Crippen LogP contribution < -0.4 is 4.90 Å². The summed E-state index contributed by atoms with van der Waals surface area (Å²) in [5.74, 6) is -2.86. The summed E-state index contributed by atoms with van der Waals surface area (Å²) < 4.78 is 11.7. The van der Waals surface area contributed by atoms with E-state index in [1.165, 1.54) is 4.90 Å². The van der Waals surface area contributed by atoms with Crippen molar-refractivity contribution in [2.45, 2.75) is 35.9 Å². The molecule has 8 nitrogen and oxygen atoms in total. The molecule has 2 aromatic rings. The maximum absolute atomic E-state index is 14.3. The molecule has 1 unspecified atom stereocenters. The molecule has 1 spiro atoms. The van der Waals surface area contributed by atoms with Crippen molar-refractivity contribution in [2.24, 2.45) is 11.8 Å². The van der Waals surface area contributed by atoms with Gasteiger partial charge in [-0.05, 0) is 36.2 Å². The molecule has 3 fully saturated rings. The van der Waals surface area contributed by atoms with Crippen molar-refractivity contribution in [3.05, 3.63) is 55.1 Å². The highest BCUT2D eigenvalue weighted by Gasteiger charge is 2.77. The zero-order valence-corrected chi connectivity index (χ0v) is 21.6. The zero-order chi connectivity index (χ0) is 25.6. The number of benzene rings is 2. The molecule has 6 atom stereocenters. The number of fused-ring (bicyclic) bond motifs is 2. The quantitative estimate of drug-likeness (QED) is 0.305. The van der Waals surface area contributed by atoms with Crippen LogP contribution in [0.25, 0.3) is 10.8 Å². The van der Waals surface area contributed by atoms with Gasteiger partial charge in [0.1, 0.15) is 11.6 Å². The van der Waals surface area contributed by atoms with Crippen LogP contribution in [0.15, 0.2) is 55.1 Å². The Kier molecular flexibility index (Phi) is 6.65. The first-order valence-corrected chi connectivity index (χ1v) is 13.1. The summed E-state index contributed by atoms with van der Waals surface area (Å²) in [5, 5.41) is 11.8. The van der Waals surface area contributed by atoms with Gasteiger partial charge in [-0.25, -0.2) is 0 Å². The van der Waals surface area contributed by atoms with E-state index in [1.807, 2.05) is 42.5 Å². The normalized spacial score (nSPS) is 30.5. The Labute approximate surface area is 218 Å². The number of likely N-dealkylation sites (tertiary alicyclic amines) is 1. The molecule has 2 bridgehead atoms. The zero-order valence-electron chi connectivity index (χ0n) is 20.0. The van der Waals surface area contributed by atoms with Crippen molar-refractivity contribution in [3.63, 3.8) is 0 Å². The van der Waals surface area contributed by atoms with Crippen LogP contribution in [-0.4, -0.2) is 76.7 Å². The second kappa shape index (κ2) is 9.61. The third-order valence-electron chi connectivity index (χ3n) is 7.55. The molecule has 36 heavy (non-hydrogen) atoms. The summed E-state index contributed by atoms with van der Waals surface area (Å²) in [4.78, 5) is 43.7. The third-order valence-corrected chi connectivity index (χ3v) is 8.39. The Morgan fingerprint density at radius 2 is 2.06 bits per heavy atom. The van der Waals surface area contributed by atoms with Gasteiger partial charge in [-0.15, -0.1) is 6.58 Å². The van der Waals surface area contributed by atoms with Crippen LogP contribution in [-0.2, 0) is 23.9 Å². The smallest absolute Gasteiger partial charge is 0.312 e. The van der Waals surface area contributed by atoms with Crippen LogP contribution in [0.2, 0.25) is 0 Å². The average Bonchev–Trinajstić information content (AvgIpc) is 3.46. The predicted octanol–water partition coefficient (Wildman–Crippen LogP) is 2.66. The molecule has 0 aromatic heterocycles. The number of carbonyl (C=O) groups is 3. The van der Waals surface area contributed by atoms with Crippen LogP contribution in [0.4, 0.5) is 5.69 Å². The number of nitrogens with zero attached hydrogens (tertiary/aromatic N) is 2. The largest absolute Gasteiger partial charge is 0.466 e.